The number of fused-ring (bicyclic) bond motifs is 1. The van der Waals surface area contributed by atoms with Crippen LogP contribution in [0.4, 0.5) is 11.8 Å². The largest absolute Gasteiger partial charge is 0.353 e. The van der Waals surface area contributed by atoms with Gasteiger partial charge in [-0.1, -0.05) is 30.3 Å². The van der Waals surface area contributed by atoms with Crippen molar-refractivity contribution in [3.63, 3.8) is 0 Å². The highest BCUT2D eigenvalue weighted by Crippen LogP contribution is 2.33. The van der Waals surface area contributed by atoms with E-state index in [1.165, 1.54) is 16.9 Å². The molecule has 0 bridgehead atoms. The van der Waals surface area contributed by atoms with Crippen LogP contribution in [0.2, 0.25) is 0 Å². The summed E-state index contributed by atoms with van der Waals surface area (Å²) in [5.74, 6) is 1.64. The molecule has 0 saturated carbocycles. The fourth-order valence-corrected chi connectivity index (χ4v) is 4.72. The normalized spacial score (nSPS) is 14.5. The molecule has 4 aromatic rings. The van der Waals surface area contributed by atoms with Crippen LogP contribution in [0, 0.1) is 6.92 Å². The van der Waals surface area contributed by atoms with Crippen molar-refractivity contribution < 1.29 is 0 Å². The van der Waals surface area contributed by atoms with Crippen molar-refractivity contribution in [2.45, 2.75) is 6.92 Å². The maximum absolute atomic E-state index is 12.7. The summed E-state index contributed by atoms with van der Waals surface area (Å²) in [5.41, 5.74) is 4.06. The van der Waals surface area contributed by atoms with Gasteiger partial charge in [0, 0.05) is 43.3 Å². The van der Waals surface area contributed by atoms with E-state index in [1.807, 2.05) is 41.9 Å². The Kier molecular flexibility index (Phi) is 4.52. The van der Waals surface area contributed by atoms with Crippen LogP contribution in [0.25, 0.3) is 21.3 Å². The molecule has 0 unspecified atom stereocenters. The molecular formula is C22H21N5OS. The molecule has 1 fully saturated rings. The molecule has 6 nitrogen and oxygen atoms in total. The number of benzene rings is 1. The highest BCUT2D eigenvalue weighted by Gasteiger charge is 2.21. The average Bonchev–Trinajstić information content (AvgIpc) is 3.19. The molecule has 0 amide bonds. The lowest BCUT2D eigenvalue weighted by Crippen LogP contribution is -2.47. The van der Waals surface area contributed by atoms with Crippen LogP contribution in [-0.2, 0) is 0 Å². The van der Waals surface area contributed by atoms with Gasteiger partial charge in [-0.3, -0.25) is 9.78 Å². The molecule has 5 rings (SSSR count). The number of H-pyrrole nitrogens is 1. The Hall–Kier alpha value is -3.19. The van der Waals surface area contributed by atoms with Crippen LogP contribution in [0.5, 0.6) is 0 Å². The van der Waals surface area contributed by atoms with Crippen molar-refractivity contribution in [1.29, 1.82) is 0 Å². The first-order valence-electron chi connectivity index (χ1n) is 9.69. The van der Waals surface area contributed by atoms with Gasteiger partial charge < -0.3 is 9.80 Å². The van der Waals surface area contributed by atoms with Crippen molar-refractivity contribution in [3.05, 3.63) is 70.0 Å². The molecule has 1 aliphatic rings. The second-order valence-corrected chi connectivity index (χ2v) is 8.07. The Bertz CT molecular complexity index is 1210. The Labute approximate surface area is 172 Å². The maximum atomic E-state index is 12.7. The van der Waals surface area contributed by atoms with Crippen molar-refractivity contribution in [2.75, 3.05) is 36.0 Å². The van der Waals surface area contributed by atoms with Crippen LogP contribution in [0.15, 0.2) is 58.8 Å². The first-order chi connectivity index (χ1) is 14.2. The Morgan fingerprint density at radius 3 is 2.48 bits per heavy atom. The number of hydrogen-bond acceptors (Lipinski definition) is 6. The Balaban J connectivity index is 1.47. The predicted octanol–water partition coefficient (Wildman–Crippen LogP) is 3.68. The van der Waals surface area contributed by atoms with Crippen LogP contribution < -0.4 is 15.4 Å². The van der Waals surface area contributed by atoms with Gasteiger partial charge in [0.1, 0.15) is 10.5 Å². The molecule has 1 N–H and O–H groups in total. The number of hydrogen-bond donors (Lipinski definition) is 1. The zero-order valence-electron chi connectivity index (χ0n) is 16.1. The first kappa shape index (κ1) is 17.9. The second kappa shape index (κ2) is 7.33. The third-order valence-electron chi connectivity index (χ3n) is 5.40. The molecule has 4 heterocycles. The van der Waals surface area contributed by atoms with Gasteiger partial charge in [-0.2, -0.15) is 0 Å². The minimum atomic E-state index is -0.0676. The van der Waals surface area contributed by atoms with Crippen molar-refractivity contribution in [1.82, 2.24) is 15.0 Å². The minimum absolute atomic E-state index is 0.0676. The lowest BCUT2D eigenvalue weighted by Gasteiger charge is -2.35. The molecule has 1 saturated heterocycles. The van der Waals surface area contributed by atoms with Crippen molar-refractivity contribution >= 4 is 33.3 Å². The lowest BCUT2D eigenvalue weighted by molar-refractivity contribution is 0.635. The highest BCUT2D eigenvalue weighted by atomic mass is 32.1. The summed E-state index contributed by atoms with van der Waals surface area (Å²) in [4.78, 5) is 29.4. The van der Waals surface area contributed by atoms with E-state index in [-0.39, 0.29) is 5.56 Å². The molecule has 7 heteroatoms. The van der Waals surface area contributed by atoms with E-state index in [1.54, 1.807) is 0 Å². The smallest absolute Gasteiger partial charge is 0.270 e. The van der Waals surface area contributed by atoms with Gasteiger partial charge in [-0.05, 0) is 30.2 Å². The van der Waals surface area contributed by atoms with Gasteiger partial charge in [0.2, 0.25) is 5.95 Å². The minimum Gasteiger partial charge on any atom is -0.353 e. The number of aromatic nitrogens is 3. The molecule has 1 aliphatic heterocycles. The third kappa shape index (κ3) is 3.27. The summed E-state index contributed by atoms with van der Waals surface area (Å²) in [5, 5.41) is 2.04. The molecule has 0 atom stereocenters. The van der Waals surface area contributed by atoms with E-state index in [0.29, 0.717) is 10.6 Å². The summed E-state index contributed by atoms with van der Waals surface area (Å²) in [7, 11) is 0. The maximum Gasteiger partial charge on any atom is 0.270 e. The second-order valence-electron chi connectivity index (χ2n) is 7.19. The third-order valence-corrected chi connectivity index (χ3v) is 6.37. The number of aromatic amines is 1. The zero-order chi connectivity index (χ0) is 19.8. The molecule has 0 radical (unpaired) electrons. The summed E-state index contributed by atoms with van der Waals surface area (Å²) in [6.07, 6.45) is 1.82. The number of aryl methyl sites for hydroxylation is 1. The van der Waals surface area contributed by atoms with E-state index in [2.05, 4.69) is 38.8 Å². The van der Waals surface area contributed by atoms with Gasteiger partial charge in [0.15, 0.2) is 0 Å². The SMILES string of the molecule is Cc1ccccc1-c1csc2c(=O)[nH]c(N3CCN(c4ccccn4)CC3)nc12. The van der Waals surface area contributed by atoms with Crippen LogP contribution >= 0.6 is 11.3 Å². The van der Waals surface area contributed by atoms with Crippen molar-refractivity contribution in [2.24, 2.45) is 0 Å². The molecule has 146 valence electrons. The van der Waals surface area contributed by atoms with Crippen LogP contribution in [-0.4, -0.2) is 41.1 Å². The van der Waals surface area contributed by atoms with Crippen molar-refractivity contribution in [3.8, 4) is 11.1 Å². The molecule has 3 aromatic heterocycles. The summed E-state index contributed by atoms with van der Waals surface area (Å²) in [6.45, 7) is 5.34. The number of anilines is 2. The Morgan fingerprint density at radius 1 is 0.966 bits per heavy atom. The Morgan fingerprint density at radius 2 is 1.72 bits per heavy atom. The molecule has 0 spiro atoms. The van der Waals surface area contributed by atoms with Crippen LogP contribution in [0.1, 0.15) is 5.56 Å². The topological polar surface area (TPSA) is 65.1 Å². The summed E-state index contributed by atoms with van der Waals surface area (Å²) in [6, 6.07) is 14.2. The van der Waals surface area contributed by atoms with E-state index in [0.717, 1.165) is 48.6 Å². The number of thiophene rings is 1. The van der Waals surface area contributed by atoms with Crippen LogP contribution in [0.3, 0.4) is 0 Å². The first-order valence-corrected chi connectivity index (χ1v) is 10.6. The molecule has 1 aromatic carbocycles. The fourth-order valence-electron chi connectivity index (χ4n) is 3.82. The van der Waals surface area contributed by atoms with E-state index >= 15 is 0 Å². The highest BCUT2D eigenvalue weighted by molar-refractivity contribution is 7.17. The fraction of sp³-hybridized carbons (Fsp3) is 0.227. The molecule has 0 aliphatic carbocycles. The van der Waals surface area contributed by atoms with Gasteiger partial charge in [0.25, 0.3) is 5.56 Å². The van der Waals surface area contributed by atoms with Gasteiger partial charge in [0.05, 0.1) is 5.52 Å². The molecular weight excluding hydrogens is 382 g/mol. The monoisotopic (exact) mass is 403 g/mol. The number of nitrogens with one attached hydrogen (secondary N) is 1. The zero-order valence-corrected chi connectivity index (χ0v) is 16.9. The number of piperazine rings is 1. The van der Waals surface area contributed by atoms with E-state index in [9.17, 15) is 4.79 Å². The average molecular weight is 404 g/mol. The van der Waals surface area contributed by atoms with Gasteiger partial charge >= 0.3 is 0 Å². The standard InChI is InChI=1S/C22H21N5OS/c1-15-6-2-3-7-16(15)17-14-29-20-19(17)24-22(25-21(20)28)27-12-10-26(11-13-27)18-8-4-5-9-23-18/h2-9,14H,10-13H2,1H3,(H,24,25,28). The predicted molar refractivity (Wildman–Crippen MR) is 119 cm³/mol. The molecule has 29 heavy (non-hydrogen) atoms. The van der Waals surface area contributed by atoms with E-state index < -0.39 is 0 Å². The van der Waals surface area contributed by atoms with Gasteiger partial charge in [-0.15, -0.1) is 11.3 Å². The lowest BCUT2D eigenvalue weighted by atomic mass is 10.0. The summed E-state index contributed by atoms with van der Waals surface area (Å²) < 4.78 is 0.680. The number of nitrogens with zero attached hydrogens (tertiary/aromatic N) is 4. The number of rotatable bonds is 3. The van der Waals surface area contributed by atoms with Gasteiger partial charge in [-0.25, -0.2) is 9.97 Å². The number of pyridine rings is 1. The quantitative estimate of drug-likeness (QED) is 0.565. The van der Waals surface area contributed by atoms with E-state index in [4.69, 9.17) is 4.98 Å². The summed E-state index contributed by atoms with van der Waals surface area (Å²) >= 11 is 1.46.